The van der Waals surface area contributed by atoms with E-state index in [1.54, 1.807) is 51.0 Å². The van der Waals surface area contributed by atoms with Gasteiger partial charge in [-0.15, -0.1) is 0 Å². The molecule has 1 aromatic carbocycles. The molecule has 0 saturated carbocycles. The number of anilines is 2. The highest BCUT2D eigenvalue weighted by atomic mass is 16.5. The third-order valence-corrected chi connectivity index (χ3v) is 3.66. The Labute approximate surface area is 144 Å². The van der Waals surface area contributed by atoms with Gasteiger partial charge in [0, 0.05) is 31.4 Å². The SMILES string of the molecule is COc1ccc(NC(=O)CCNc2cnc3cnccn23)c(OC)c1. The van der Waals surface area contributed by atoms with Crippen molar-refractivity contribution < 1.29 is 14.3 Å². The minimum atomic E-state index is -0.119. The number of hydrogen-bond acceptors (Lipinski definition) is 6. The molecule has 25 heavy (non-hydrogen) atoms. The van der Waals surface area contributed by atoms with Crippen molar-refractivity contribution in [2.45, 2.75) is 6.42 Å². The summed E-state index contributed by atoms with van der Waals surface area (Å²) in [5.41, 5.74) is 1.35. The van der Waals surface area contributed by atoms with E-state index in [1.807, 2.05) is 10.6 Å². The smallest absolute Gasteiger partial charge is 0.226 e. The van der Waals surface area contributed by atoms with Gasteiger partial charge in [-0.25, -0.2) is 4.98 Å². The number of methoxy groups -OCH3 is 2. The second-order valence-corrected chi connectivity index (χ2v) is 5.24. The second-order valence-electron chi connectivity index (χ2n) is 5.24. The molecular weight excluding hydrogens is 322 g/mol. The summed E-state index contributed by atoms with van der Waals surface area (Å²) in [4.78, 5) is 20.4. The fourth-order valence-corrected chi connectivity index (χ4v) is 2.39. The van der Waals surface area contributed by atoms with Crippen molar-refractivity contribution in [1.29, 1.82) is 0 Å². The van der Waals surface area contributed by atoms with E-state index in [2.05, 4.69) is 20.6 Å². The topological polar surface area (TPSA) is 89.8 Å². The predicted molar refractivity (Wildman–Crippen MR) is 94.3 cm³/mol. The number of hydrogen-bond donors (Lipinski definition) is 2. The number of ether oxygens (including phenoxy) is 2. The number of fused-ring (bicyclic) bond motifs is 1. The first-order chi connectivity index (χ1) is 12.2. The maximum Gasteiger partial charge on any atom is 0.226 e. The Morgan fingerprint density at radius 2 is 2.12 bits per heavy atom. The molecule has 3 rings (SSSR count). The highest BCUT2D eigenvalue weighted by Crippen LogP contribution is 2.29. The van der Waals surface area contributed by atoms with Crippen LogP contribution in [0.5, 0.6) is 11.5 Å². The first-order valence-electron chi connectivity index (χ1n) is 7.74. The Hall–Kier alpha value is -3.29. The first-order valence-corrected chi connectivity index (χ1v) is 7.74. The quantitative estimate of drug-likeness (QED) is 0.685. The van der Waals surface area contributed by atoms with E-state index < -0.39 is 0 Å². The lowest BCUT2D eigenvalue weighted by Crippen LogP contribution is -2.17. The van der Waals surface area contributed by atoms with E-state index >= 15 is 0 Å². The molecular formula is C17H19N5O3. The van der Waals surface area contributed by atoms with E-state index in [1.165, 1.54) is 0 Å². The fourth-order valence-electron chi connectivity index (χ4n) is 2.39. The van der Waals surface area contributed by atoms with E-state index in [0.717, 1.165) is 11.5 Å². The predicted octanol–water partition coefficient (Wildman–Crippen LogP) is 2.19. The zero-order valence-electron chi connectivity index (χ0n) is 14.0. The molecule has 0 unspecified atom stereocenters. The molecule has 0 bridgehead atoms. The van der Waals surface area contributed by atoms with Gasteiger partial charge in [-0.3, -0.25) is 14.2 Å². The molecule has 8 nitrogen and oxygen atoms in total. The Morgan fingerprint density at radius 3 is 2.92 bits per heavy atom. The molecule has 2 N–H and O–H groups in total. The van der Waals surface area contributed by atoms with Gasteiger partial charge in [0.25, 0.3) is 0 Å². The van der Waals surface area contributed by atoms with Crippen molar-refractivity contribution in [3.8, 4) is 11.5 Å². The van der Waals surface area contributed by atoms with Crippen molar-refractivity contribution in [1.82, 2.24) is 14.4 Å². The number of nitrogens with zero attached hydrogens (tertiary/aromatic N) is 3. The number of benzene rings is 1. The minimum absolute atomic E-state index is 0.119. The zero-order valence-corrected chi connectivity index (χ0v) is 14.0. The summed E-state index contributed by atoms with van der Waals surface area (Å²) < 4.78 is 12.3. The number of carbonyl (C=O) groups is 1. The number of carbonyl (C=O) groups excluding carboxylic acids is 1. The summed E-state index contributed by atoms with van der Waals surface area (Å²) in [5, 5.41) is 6.03. The zero-order chi connectivity index (χ0) is 17.6. The van der Waals surface area contributed by atoms with Crippen LogP contribution in [0.1, 0.15) is 6.42 Å². The van der Waals surface area contributed by atoms with E-state index in [4.69, 9.17) is 9.47 Å². The van der Waals surface area contributed by atoms with Gasteiger partial charge >= 0.3 is 0 Å². The Balaban J connectivity index is 1.56. The van der Waals surface area contributed by atoms with Gasteiger partial charge in [-0.05, 0) is 12.1 Å². The molecule has 0 aliphatic carbocycles. The highest BCUT2D eigenvalue weighted by molar-refractivity contribution is 5.92. The normalized spacial score (nSPS) is 10.5. The molecule has 0 fully saturated rings. The van der Waals surface area contributed by atoms with Crippen molar-refractivity contribution >= 4 is 23.1 Å². The summed E-state index contributed by atoms with van der Waals surface area (Å²) in [7, 11) is 3.13. The lowest BCUT2D eigenvalue weighted by Gasteiger charge is -2.12. The van der Waals surface area contributed by atoms with Gasteiger partial charge in [0.1, 0.15) is 17.3 Å². The summed E-state index contributed by atoms with van der Waals surface area (Å²) in [5.74, 6) is 1.91. The van der Waals surface area contributed by atoms with Crippen molar-refractivity contribution in [3.05, 3.63) is 43.0 Å². The van der Waals surface area contributed by atoms with E-state index in [0.29, 0.717) is 30.2 Å². The monoisotopic (exact) mass is 341 g/mol. The molecule has 0 aliphatic heterocycles. The molecule has 0 spiro atoms. The van der Waals surface area contributed by atoms with Crippen LogP contribution in [0.4, 0.5) is 11.5 Å². The van der Waals surface area contributed by atoms with Crippen LogP contribution in [0.3, 0.4) is 0 Å². The standard InChI is InChI=1S/C17H19N5O3/c1-24-12-3-4-13(14(9-12)25-2)21-17(23)5-6-19-16-11-20-15-10-18-7-8-22(15)16/h3-4,7-11,19H,5-6H2,1-2H3,(H,21,23). The van der Waals surface area contributed by atoms with Crippen LogP contribution in [-0.2, 0) is 4.79 Å². The first kappa shape index (κ1) is 16.6. The molecule has 3 aromatic rings. The highest BCUT2D eigenvalue weighted by Gasteiger charge is 2.09. The third kappa shape index (κ3) is 3.79. The van der Waals surface area contributed by atoms with Crippen LogP contribution < -0.4 is 20.1 Å². The molecule has 0 aliphatic rings. The van der Waals surface area contributed by atoms with Gasteiger partial charge in [-0.2, -0.15) is 0 Å². The summed E-state index contributed by atoms with van der Waals surface area (Å²) >= 11 is 0. The maximum absolute atomic E-state index is 12.2. The van der Waals surface area contributed by atoms with Gasteiger partial charge in [-0.1, -0.05) is 0 Å². The number of amides is 1. The van der Waals surface area contributed by atoms with E-state index in [-0.39, 0.29) is 5.91 Å². The largest absolute Gasteiger partial charge is 0.497 e. The third-order valence-electron chi connectivity index (χ3n) is 3.66. The number of rotatable bonds is 7. The Kier molecular flexibility index (Phi) is 4.98. The molecule has 0 radical (unpaired) electrons. The van der Waals surface area contributed by atoms with Crippen LogP contribution >= 0.6 is 0 Å². The van der Waals surface area contributed by atoms with Crippen molar-refractivity contribution in [2.75, 3.05) is 31.4 Å². The summed E-state index contributed by atoms with van der Waals surface area (Å²) in [6, 6.07) is 5.24. The summed E-state index contributed by atoms with van der Waals surface area (Å²) in [6.45, 7) is 0.473. The molecule has 0 saturated heterocycles. The van der Waals surface area contributed by atoms with Gasteiger partial charge in [0.2, 0.25) is 5.91 Å². The van der Waals surface area contributed by atoms with Crippen LogP contribution in [-0.4, -0.2) is 41.0 Å². The van der Waals surface area contributed by atoms with Gasteiger partial charge in [0.05, 0.1) is 32.3 Å². The molecule has 2 heterocycles. The molecule has 0 atom stereocenters. The molecule has 130 valence electrons. The fraction of sp³-hybridized carbons (Fsp3) is 0.235. The van der Waals surface area contributed by atoms with Crippen LogP contribution in [0, 0.1) is 0 Å². The maximum atomic E-state index is 12.2. The Bertz CT molecular complexity index is 878. The van der Waals surface area contributed by atoms with Gasteiger partial charge in [0.15, 0.2) is 5.65 Å². The van der Waals surface area contributed by atoms with E-state index in [9.17, 15) is 4.79 Å². The lowest BCUT2D eigenvalue weighted by atomic mass is 10.2. The molecule has 1 amide bonds. The average molecular weight is 341 g/mol. The summed E-state index contributed by atoms with van der Waals surface area (Å²) in [6.07, 6.45) is 7.18. The number of nitrogens with one attached hydrogen (secondary N) is 2. The Morgan fingerprint density at radius 1 is 1.24 bits per heavy atom. The number of aromatic nitrogens is 3. The van der Waals surface area contributed by atoms with Crippen molar-refractivity contribution in [2.24, 2.45) is 0 Å². The minimum Gasteiger partial charge on any atom is -0.497 e. The lowest BCUT2D eigenvalue weighted by molar-refractivity contribution is -0.116. The average Bonchev–Trinajstić information content (AvgIpc) is 3.05. The molecule has 8 heteroatoms. The van der Waals surface area contributed by atoms with Crippen LogP contribution in [0.2, 0.25) is 0 Å². The second kappa shape index (κ2) is 7.52. The van der Waals surface area contributed by atoms with Crippen LogP contribution in [0.15, 0.2) is 43.0 Å². The number of imidazole rings is 1. The van der Waals surface area contributed by atoms with Gasteiger partial charge < -0.3 is 20.1 Å². The van der Waals surface area contributed by atoms with Crippen molar-refractivity contribution in [3.63, 3.8) is 0 Å². The van der Waals surface area contributed by atoms with Crippen LogP contribution in [0.25, 0.3) is 5.65 Å². The molecule has 2 aromatic heterocycles.